The Morgan fingerprint density at radius 1 is 1.27 bits per heavy atom. The summed E-state index contributed by atoms with van der Waals surface area (Å²) in [6, 6.07) is -1.51. The third kappa shape index (κ3) is 3.53. The number of carbonyl (C=O) groups excluding carboxylic acids is 1. The van der Waals surface area contributed by atoms with Crippen LogP contribution in [0.2, 0.25) is 0 Å². The largest absolute Gasteiger partial charge is 0.422 e. The molecule has 0 aromatic carbocycles. The van der Waals surface area contributed by atoms with Crippen LogP contribution in [0.3, 0.4) is 0 Å². The fourth-order valence-electron chi connectivity index (χ4n) is 3.61. The average Bonchev–Trinajstić information content (AvgIpc) is 3.15. The van der Waals surface area contributed by atoms with Gasteiger partial charge in [-0.05, 0) is 12.8 Å². The highest BCUT2D eigenvalue weighted by molar-refractivity contribution is 7.80. The maximum atomic E-state index is 12.4. The highest BCUT2D eigenvalue weighted by Crippen LogP contribution is 2.38. The summed E-state index contributed by atoms with van der Waals surface area (Å²) in [5, 5.41) is 12.1. The van der Waals surface area contributed by atoms with Crippen LogP contribution in [0.1, 0.15) is 30.7 Å². The zero-order valence-corrected chi connectivity index (χ0v) is 14.8. The van der Waals surface area contributed by atoms with Gasteiger partial charge in [-0.15, -0.1) is 14.5 Å². The number of piperidine rings is 1. The quantitative estimate of drug-likeness (QED) is 0.613. The first-order chi connectivity index (χ1) is 12.4. The summed E-state index contributed by atoms with van der Waals surface area (Å²) >= 11 is 0. The Morgan fingerprint density at radius 2 is 2.04 bits per heavy atom. The van der Waals surface area contributed by atoms with E-state index in [1.807, 2.05) is 0 Å². The van der Waals surface area contributed by atoms with Crippen LogP contribution in [0.5, 0.6) is 0 Å². The van der Waals surface area contributed by atoms with Gasteiger partial charge in [0.1, 0.15) is 6.04 Å². The zero-order valence-electron chi connectivity index (χ0n) is 13.9. The van der Waals surface area contributed by atoms with E-state index in [9.17, 15) is 13.2 Å². The lowest BCUT2D eigenvalue weighted by Gasteiger charge is -2.27. The molecule has 3 saturated heterocycles. The molecule has 1 aromatic heterocycles. The summed E-state index contributed by atoms with van der Waals surface area (Å²) in [4.78, 5) is 16.1. The maximum Gasteiger partial charge on any atom is 0.418 e. The van der Waals surface area contributed by atoms with Crippen LogP contribution in [0.15, 0.2) is 4.42 Å². The topological polar surface area (TPSA) is 141 Å². The van der Waals surface area contributed by atoms with Crippen LogP contribution in [0.25, 0.3) is 0 Å². The Balaban J connectivity index is 1.45. The number of nitrogens with zero attached hydrogens (tertiary/aromatic N) is 5. The molecule has 2 amide bonds. The summed E-state index contributed by atoms with van der Waals surface area (Å²) < 4.78 is 40.9. The van der Waals surface area contributed by atoms with Gasteiger partial charge >= 0.3 is 16.4 Å². The number of amides is 2. The van der Waals surface area contributed by atoms with Crippen LogP contribution in [0.4, 0.5) is 4.79 Å². The third-order valence-electron chi connectivity index (χ3n) is 4.83. The van der Waals surface area contributed by atoms with Gasteiger partial charge in [0.25, 0.3) is 0 Å². The van der Waals surface area contributed by atoms with Gasteiger partial charge in [-0.1, -0.05) is 0 Å². The minimum Gasteiger partial charge on any atom is -0.422 e. The Bertz CT molecular complexity index is 778. The Hall–Kier alpha value is -1.80. The summed E-state index contributed by atoms with van der Waals surface area (Å²) in [5.74, 6) is 0.817. The average molecular weight is 388 g/mol. The normalized spacial score (nSPS) is 27.3. The molecule has 2 bridgehead atoms. The number of hydroxylamine groups is 2. The predicted molar refractivity (Wildman–Crippen MR) is 84.8 cm³/mol. The van der Waals surface area contributed by atoms with Crippen molar-refractivity contribution in [3.63, 3.8) is 0 Å². The number of carbonyl (C=O) groups is 1. The van der Waals surface area contributed by atoms with Crippen molar-refractivity contribution in [2.24, 2.45) is 0 Å². The van der Waals surface area contributed by atoms with Crippen molar-refractivity contribution < 1.29 is 26.5 Å². The minimum absolute atomic E-state index is 0.272. The Morgan fingerprint density at radius 3 is 2.77 bits per heavy atom. The highest BCUT2D eigenvalue weighted by Gasteiger charge is 2.49. The SMILES string of the molecule is O=C1N2C[C@@H](CC[C@@H]2c2nnc(CN3CCNCC3)o2)N1OS(=O)(=O)O. The van der Waals surface area contributed by atoms with Gasteiger partial charge in [0.15, 0.2) is 0 Å². The van der Waals surface area contributed by atoms with Crippen LogP contribution < -0.4 is 5.32 Å². The fraction of sp³-hybridized carbons (Fsp3) is 0.769. The fourth-order valence-corrected chi connectivity index (χ4v) is 4.00. The van der Waals surface area contributed by atoms with Crippen molar-refractivity contribution >= 4 is 16.4 Å². The van der Waals surface area contributed by atoms with E-state index in [0.29, 0.717) is 36.2 Å². The molecule has 0 unspecified atom stereocenters. The third-order valence-corrected chi connectivity index (χ3v) is 5.18. The second kappa shape index (κ2) is 6.74. The number of nitrogens with one attached hydrogen (secondary N) is 1. The molecule has 1 aromatic rings. The highest BCUT2D eigenvalue weighted by atomic mass is 32.3. The van der Waals surface area contributed by atoms with E-state index >= 15 is 0 Å². The molecular weight excluding hydrogens is 368 g/mol. The molecule has 12 nitrogen and oxygen atoms in total. The molecule has 4 rings (SSSR count). The van der Waals surface area contributed by atoms with E-state index in [2.05, 4.69) is 24.7 Å². The van der Waals surface area contributed by atoms with Gasteiger partial charge in [-0.3, -0.25) is 9.45 Å². The molecule has 3 aliphatic heterocycles. The number of hydrogen-bond donors (Lipinski definition) is 2. The van der Waals surface area contributed by atoms with E-state index in [4.69, 9.17) is 8.97 Å². The lowest BCUT2D eigenvalue weighted by atomic mass is 10.0. The molecule has 3 fully saturated rings. The minimum atomic E-state index is -4.76. The monoisotopic (exact) mass is 388 g/mol. The second-order valence-corrected chi connectivity index (χ2v) is 7.57. The van der Waals surface area contributed by atoms with Crippen molar-refractivity contribution in [3.05, 3.63) is 11.8 Å². The van der Waals surface area contributed by atoms with E-state index in [0.717, 1.165) is 26.2 Å². The molecular formula is C13H20N6O6S. The van der Waals surface area contributed by atoms with Gasteiger partial charge in [-0.25, -0.2) is 4.79 Å². The van der Waals surface area contributed by atoms with Crippen molar-refractivity contribution in [1.29, 1.82) is 0 Å². The van der Waals surface area contributed by atoms with Crippen molar-refractivity contribution in [2.45, 2.75) is 31.5 Å². The van der Waals surface area contributed by atoms with E-state index in [1.165, 1.54) is 4.90 Å². The van der Waals surface area contributed by atoms with Crippen molar-refractivity contribution in [2.75, 3.05) is 32.7 Å². The van der Waals surface area contributed by atoms with Gasteiger partial charge in [0.05, 0.1) is 12.6 Å². The summed E-state index contributed by atoms with van der Waals surface area (Å²) in [7, 11) is -4.76. The van der Waals surface area contributed by atoms with Crippen LogP contribution in [-0.4, -0.2) is 82.8 Å². The zero-order chi connectivity index (χ0) is 18.3. The molecule has 4 heterocycles. The number of fused-ring (bicyclic) bond motifs is 2. The lowest BCUT2D eigenvalue weighted by Crippen LogP contribution is -2.42. The van der Waals surface area contributed by atoms with Crippen LogP contribution in [0, 0.1) is 0 Å². The number of hydrogen-bond acceptors (Lipinski definition) is 9. The molecule has 13 heteroatoms. The van der Waals surface area contributed by atoms with Crippen LogP contribution >= 0.6 is 0 Å². The summed E-state index contributed by atoms with van der Waals surface area (Å²) in [5.41, 5.74) is 0. The molecule has 144 valence electrons. The maximum absolute atomic E-state index is 12.4. The number of rotatable bonds is 5. The predicted octanol–water partition coefficient (Wildman–Crippen LogP) is -0.850. The first-order valence-corrected chi connectivity index (χ1v) is 9.79. The first kappa shape index (κ1) is 17.6. The molecule has 2 atom stereocenters. The summed E-state index contributed by atoms with van der Waals surface area (Å²) in [6.07, 6.45) is 1.04. The molecule has 0 spiro atoms. The Labute approximate surface area is 150 Å². The van der Waals surface area contributed by atoms with Crippen LogP contribution in [-0.2, 0) is 21.2 Å². The second-order valence-electron chi connectivity index (χ2n) is 6.57. The van der Waals surface area contributed by atoms with E-state index in [-0.39, 0.29) is 6.54 Å². The standard InChI is InChI=1S/C13H20N6O6S/c20-13-18-7-9(19(13)25-26(21,22)23)1-2-10(18)12-16-15-11(24-12)8-17-5-3-14-4-6-17/h9-10,14H,1-8H2,(H,21,22,23)/t9-,10-/m1/s1. The molecule has 0 saturated carbocycles. The Kier molecular flexibility index (Phi) is 4.56. The lowest BCUT2D eigenvalue weighted by molar-refractivity contribution is -0.0317. The number of aromatic nitrogens is 2. The summed E-state index contributed by atoms with van der Waals surface area (Å²) in [6.45, 7) is 4.45. The number of urea groups is 1. The van der Waals surface area contributed by atoms with E-state index in [1.54, 1.807) is 0 Å². The van der Waals surface area contributed by atoms with Crippen molar-refractivity contribution in [3.8, 4) is 0 Å². The molecule has 0 aliphatic carbocycles. The molecule has 3 aliphatic rings. The molecule has 26 heavy (non-hydrogen) atoms. The van der Waals surface area contributed by atoms with E-state index < -0.39 is 28.5 Å². The smallest absolute Gasteiger partial charge is 0.418 e. The number of piperazine rings is 1. The van der Waals surface area contributed by atoms with Gasteiger partial charge in [0, 0.05) is 32.7 Å². The molecule has 0 radical (unpaired) electrons. The van der Waals surface area contributed by atoms with Gasteiger partial charge in [0.2, 0.25) is 11.8 Å². The van der Waals surface area contributed by atoms with Crippen molar-refractivity contribution in [1.82, 2.24) is 30.4 Å². The first-order valence-electron chi connectivity index (χ1n) is 8.43. The van der Waals surface area contributed by atoms with Gasteiger partial charge < -0.3 is 14.6 Å². The van der Waals surface area contributed by atoms with Gasteiger partial charge in [-0.2, -0.15) is 13.5 Å². The molecule has 2 N–H and O–H groups in total.